The molecule has 0 fully saturated rings. The number of hydrogen-bond acceptors (Lipinski definition) is 1. The van der Waals surface area contributed by atoms with E-state index in [2.05, 4.69) is 204 Å². The zero-order valence-corrected chi connectivity index (χ0v) is 28.0. The van der Waals surface area contributed by atoms with Crippen LogP contribution in [0.25, 0.3) is 66.0 Å². The molecule has 0 bridgehead atoms. The van der Waals surface area contributed by atoms with Crippen LogP contribution < -0.4 is 4.90 Å². The molecule has 0 radical (unpaired) electrons. The monoisotopic (exact) mass is 640 g/mol. The number of hydrogen-bond donors (Lipinski definition) is 0. The molecule has 0 spiro atoms. The van der Waals surface area contributed by atoms with Gasteiger partial charge in [-0.1, -0.05) is 140 Å². The highest BCUT2D eigenvalue weighted by Gasteiger charge is 2.17. The number of para-hydroxylation sites is 2. The lowest BCUT2D eigenvalue weighted by molar-refractivity contribution is 0.827. The molecule has 50 heavy (non-hydrogen) atoms. The van der Waals surface area contributed by atoms with E-state index in [1.54, 1.807) is 0 Å². The van der Waals surface area contributed by atoms with E-state index in [0.29, 0.717) is 0 Å². The summed E-state index contributed by atoms with van der Waals surface area (Å²) in [6, 6.07) is 68.2. The lowest BCUT2D eigenvalue weighted by Crippen LogP contribution is -2.10. The molecule has 238 valence electrons. The average molecular weight is 641 g/mol. The van der Waals surface area contributed by atoms with Crippen LogP contribution in [0.4, 0.5) is 17.1 Å². The first-order valence-electron chi connectivity index (χ1n) is 17.4. The molecule has 0 aliphatic rings. The molecule has 0 unspecified atom stereocenters. The zero-order chi connectivity index (χ0) is 33.4. The lowest BCUT2D eigenvalue weighted by atomic mass is 9.95. The third-order valence-corrected chi connectivity index (χ3v) is 10.0. The van der Waals surface area contributed by atoms with Crippen LogP contribution in [0.3, 0.4) is 0 Å². The van der Waals surface area contributed by atoms with Crippen molar-refractivity contribution in [3.05, 3.63) is 188 Å². The highest BCUT2D eigenvalue weighted by atomic mass is 15.1. The number of aromatic nitrogens is 1. The Bertz CT molecular complexity index is 2600. The van der Waals surface area contributed by atoms with Crippen molar-refractivity contribution in [2.24, 2.45) is 0 Å². The van der Waals surface area contributed by atoms with Crippen LogP contribution in [0.1, 0.15) is 6.92 Å². The summed E-state index contributed by atoms with van der Waals surface area (Å²) in [4.78, 5) is 2.37. The van der Waals surface area contributed by atoms with Gasteiger partial charge in [-0.25, -0.2) is 0 Å². The number of nitrogens with zero attached hydrogens (tertiary/aromatic N) is 2. The third-order valence-electron chi connectivity index (χ3n) is 10.0. The number of anilines is 3. The molecular formula is C48H36N2. The smallest absolute Gasteiger partial charge is 0.0540 e. The molecular weight excluding hydrogens is 605 g/mol. The Hall–Kier alpha value is -6.38. The summed E-state index contributed by atoms with van der Waals surface area (Å²) >= 11 is 0. The van der Waals surface area contributed by atoms with Crippen molar-refractivity contribution in [2.75, 3.05) is 4.90 Å². The van der Waals surface area contributed by atoms with E-state index in [1.807, 2.05) is 0 Å². The fourth-order valence-corrected chi connectivity index (χ4v) is 7.59. The van der Waals surface area contributed by atoms with Gasteiger partial charge in [0.2, 0.25) is 0 Å². The second kappa shape index (κ2) is 12.6. The fourth-order valence-electron chi connectivity index (χ4n) is 7.59. The van der Waals surface area contributed by atoms with E-state index in [0.717, 1.165) is 23.6 Å². The third kappa shape index (κ3) is 5.14. The summed E-state index contributed by atoms with van der Waals surface area (Å²) < 4.78 is 2.41. The zero-order valence-electron chi connectivity index (χ0n) is 28.0. The molecule has 0 saturated carbocycles. The topological polar surface area (TPSA) is 8.17 Å². The van der Waals surface area contributed by atoms with Crippen molar-refractivity contribution in [2.45, 2.75) is 13.5 Å². The average Bonchev–Trinajstić information content (AvgIpc) is 3.52. The minimum atomic E-state index is 0.953. The molecule has 0 saturated heterocycles. The van der Waals surface area contributed by atoms with Gasteiger partial charge >= 0.3 is 0 Å². The Morgan fingerprint density at radius 1 is 0.380 bits per heavy atom. The Morgan fingerprint density at radius 3 is 1.70 bits per heavy atom. The Balaban J connectivity index is 1.11. The summed E-state index contributed by atoms with van der Waals surface area (Å²) in [5.74, 6) is 0. The van der Waals surface area contributed by atoms with Crippen molar-refractivity contribution in [1.29, 1.82) is 0 Å². The molecule has 2 heteroatoms. The van der Waals surface area contributed by atoms with Gasteiger partial charge in [0.1, 0.15) is 0 Å². The molecule has 9 aromatic rings. The number of rotatable bonds is 7. The largest absolute Gasteiger partial charge is 0.341 e. The van der Waals surface area contributed by atoms with Gasteiger partial charge in [-0.3, -0.25) is 0 Å². The van der Waals surface area contributed by atoms with Crippen molar-refractivity contribution >= 4 is 49.6 Å². The Kier molecular flexibility index (Phi) is 7.48. The predicted octanol–water partition coefficient (Wildman–Crippen LogP) is 13.4. The number of aryl methyl sites for hydroxylation is 1. The Labute approximate surface area is 293 Å². The van der Waals surface area contributed by atoms with Crippen LogP contribution in [0, 0.1) is 0 Å². The molecule has 9 rings (SSSR count). The summed E-state index contributed by atoms with van der Waals surface area (Å²) in [6.07, 6.45) is 0. The summed E-state index contributed by atoms with van der Waals surface area (Å²) in [5, 5.41) is 5.06. The maximum absolute atomic E-state index is 2.41. The molecule has 1 aromatic heterocycles. The van der Waals surface area contributed by atoms with Crippen LogP contribution in [0.2, 0.25) is 0 Å². The quantitative estimate of drug-likeness (QED) is 0.168. The number of fused-ring (bicyclic) bond motifs is 4. The second-order valence-corrected chi connectivity index (χ2v) is 12.8. The molecule has 2 nitrogen and oxygen atoms in total. The second-order valence-electron chi connectivity index (χ2n) is 12.8. The van der Waals surface area contributed by atoms with Crippen LogP contribution in [-0.2, 0) is 6.54 Å². The normalized spacial score (nSPS) is 11.4. The summed E-state index contributed by atoms with van der Waals surface area (Å²) in [6.45, 7) is 3.17. The highest BCUT2D eigenvalue weighted by Crippen LogP contribution is 2.42. The Morgan fingerprint density at radius 2 is 0.920 bits per heavy atom. The molecule has 1 heterocycles. The van der Waals surface area contributed by atoms with Gasteiger partial charge in [-0.15, -0.1) is 0 Å². The maximum Gasteiger partial charge on any atom is 0.0540 e. The van der Waals surface area contributed by atoms with Gasteiger partial charge in [-0.2, -0.15) is 0 Å². The van der Waals surface area contributed by atoms with Crippen molar-refractivity contribution < 1.29 is 0 Å². The van der Waals surface area contributed by atoms with Crippen molar-refractivity contribution in [3.63, 3.8) is 0 Å². The summed E-state index contributed by atoms with van der Waals surface area (Å²) in [7, 11) is 0. The van der Waals surface area contributed by atoms with Crippen LogP contribution in [0.15, 0.2) is 188 Å². The molecule has 0 aliphatic carbocycles. The molecule has 0 N–H and O–H groups in total. The van der Waals surface area contributed by atoms with E-state index in [4.69, 9.17) is 0 Å². The van der Waals surface area contributed by atoms with Crippen LogP contribution in [0.5, 0.6) is 0 Å². The van der Waals surface area contributed by atoms with E-state index in [-0.39, 0.29) is 0 Å². The van der Waals surface area contributed by atoms with Gasteiger partial charge in [0.05, 0.1) is 5.69 Å². The van der Waals surface area contributed by atoms with E-state index < -0.39 is 0 Å². The summed E-state index contributed by atoms with van der Waals surface area (Å²) in [5.41, 5.74) is 13.3. The van der Waals surface area contributed by atoms with Gasteiger partial charge in [0, 0.05) is 45.1 Å². The van der Waals surface area contributed by atoms with Crippen LogP contribution in [-0.4, -0.2) is 4.57 Å². The van der Waals surface area contributed by atoms with Crippen molar-refractivity contribution in [3.8, 4) is 33.4 Å². The maximum atomic E-state index is 2.41. The number of benzene rings is 8. The molecule has 0 aliphatic heterocycles. The lowest BCUT2D eigenvalue weighted by Gasteiger charge is -2.27. The van der Waals surface area contributed by atoms with E-state index in [9.17, 15) is 0 Å². The van der Waals surface area contributed by atoms with Gasteiger partial charge in [0.25, 0.3) is 0 Å². The van der Waals surface area contributed by atoms with Gasteiger partial charge < -0.3 is 9.47 Å². The van der Waals surface area contributed by atoms with E-state index >= 15 is 0 Å². The van der Waals surface area contributed by atoms with Crippen LogP contribution >= 0.6 is 0 Å². The molecule has 8 aromatic carbocycles. The first-order valence-corrected chi connectivity index (χ1v) is 17.4. The minimum absolute atomic E-state index is 0.953. The fraction of sp³-hybridized carbons (Fsp3) is 0.0417. The predicted molar refractivity (Wildman–Crippen MR) is 214 cm³/mol. The standard InChI is InChI=1S/C48H36N2/c1-2-49-46-21-10-9-17-44(46)45-33-38(29-32-47(45)49)36-23-25-37(26-24-36)41-18-11-20-43-42(41)19-12-22-48(43)50(39-15-7-4-8-16-39)40-30-27-35(28-31-40)34-13-5-3-6-14-34/h3-33H,2H2,1H3. The first-order chi connectivity index (χ1) is 24.8. The van der Waals surface area contributed by atoms with E-state index in [1.165, 1.54) is 66.0 Å². The van der Waals surface area contributed by atoms with Gasteiger partial charge in [0.15, 0.2) is 0 Å². The van der Waals surface area contributed by atoms with Crippen molar-refractivity contribution in [1.82, 2.24) is 4.57 Å². The SMILES string of the molecule is CCn1c2ccccc2c2cc(-c3ccc(-c4cccc5c(N(c6ccccc6)c6ccc(-c7ccccc7)cc6)cccc45)cc3)ccc21. The molecule has 0 amide bonds. The minimum Gasteiger partial charge on any atom is -0.341 e. The van der Waals surface area contributed by atoms with Gasteiger partial charge in [-0.05, 0) is 94.2 Å². The highest BCUT2D eigenvalue weighted by molar-refractivity contribution is 6.09. The molecule has 0 atom stereocenters. The first kappa shape index (κ1) is 29.7.